The highest BCUT2D eigenvalue weighted by molar-refractivity contribution is 6.07. The van der Waals surface area contributed by atoms with E-state index in [0.29, 0.717) is 17.8 Å². The number of ether oxygens (including phenoxy) is 1. The van der Waals surface area contributed by atoms with Gasteiger partial charge in [-0.15, -0.1) is 0 Å². The fourth-order valence-electron chi connectivity index (χ4n) is 2.44. The second-order valence-electron chi connectivity index (χ2n) is 5.51. The summed E-state index contributed by atoms with van der Waals surface area (Å²) in [6.07, 6.45) is 1.42. The Morgan fingerprint density at radius 3 is 2.62 bits per heavy atom. The number of rotatable bonds is 6. The van der Waals surface area contributed by atoms with Crippen LogP contribution in [0.4, 0.5) is 5.69 Å². The van der Waals surface area contributed by atoms with Crippen molar-refractivity contribution in [2.45, 2.75) is 6.54 Å². The lowest BCUT2D eigenvalue weighted by Gasteiger charge is -2.11. The van der Waals surface area contributed by atoms with Crippen LogP contribution in [0.15, 0.2) is 71.3 Å². The van der Waals surface area contributed by atoms with Crippen LogP contribution in [0.5, 0.6) is 5.75 Å². The molecule has 2 N–H and O–H groups in total. The van der Waals surface area contributed by atoms with Crippen molar-refractivity contribution in [3.63, 3.8) is 0 Å². The predicted octanol–water partition coefficient (Wildman–Crippen LogP) is 3.47. The molecule has 0 spiro atoms. The van der Waals surface area contributed by atoms with Gasteiger partial charge >= 0.3 is 0 Å². The van der Waals surface area contributed by atoms with Crippen molar-refractivity contribution in [2.24, 2.45) is 0 Å². The summed E-state index contributed by atoms with van der Waals surface area (Å²) in [5.41, 5.74) is 1.70. The maximum absolute atomic E-state index is 12.5. The summed E-state index contributed by atoms with van der Waals surface area (Å²) in [5.74, 6) is 0.200. The molecule has 1 aromatic heterocycles. The van der Waals surface area contributed by atoms with E-state index < -0.39 is 5.91 Å². The molecule has 0 radical (unpaired) electrons. The summed E-state index contributed by atoms with van der Waals surface area (Å²) in [5, 5.41) is 5.54. The highest BCUT2D eigenvalue weighted by Gasteiger charge is 2.15. The Kier molecular flexibility index (Phi) is 5.34. The third kappa shape index (κ3) is 4.10. The van der Waals surface area contributed by atoms with Gasteiger partial charge in [0.1, 0.15) is 5.75 Å². The number of methoxy groups -OCH3 is 1. The van der Waals surface area contributed by atoms with Gasteiger partial charge in [0.05, 0.1) is 24.6 Å². The molecule has 6 heteroatoms. The molecule has 0 saturated carbocycles. The largest absolute Gasteiger partial charge is 0.497 e. The van der Waals surface area contributed by atoms with Gasteiger partial charge in [0.2, 0.25) is 0 Å². The summed E-state index contributed by atoms with van der Waals surface area (Å²) in [7, 11) is 1.59. The monoisotopic (exact) mass is 350 g/mol. The van der Waals surface area contributed by atoms with Gasteiger partial charge in [-0.2, -0.15) is 0 Å². The summed E-state index contributed by atoms with van der Waals surface area (Å²) in [4.78, 5) is 24.7. The molecule has 3 aromatic rings. The van der Waals surface area contributed by atoms with Gasteiger partial charge in [-0.25, -0.2) is 0 Å². The first-order valence-electron chi connectivity index (χ1n) is 8.02. The first-order chi connectivity index (χ1) is 12.7. The van der Waals surface area contributed by atoms with Crippen LogP contribution < -0.4 is 15.4 Å². The first kappa shape index (κ1) is 17.3. The number of carbonyl (C=O) groups excluding carboxylic acids is 2. The Hall–Kier alpha value is -3.54. The van der Waals surface area contributed by atoms with Crippen molar-refractivity contribution in [3.05, 3.63) is 83.8 Å². The van der Waals surface area contributed by atoms with Crippen molar-refractivity contribution in [1.82, 2.24) is 5.32 Å². The van der Waals surface area contributed by atoms with Gasteiger partial charge in [-0.1, -0.05) is 24.3 Å². The van der Waals surface area contributed by atoms with Gasteiger partial charge in [0, 0.05) is 6.54 Å². The first-order valence-corrected chi connectivity index (χ1v) is 8.02. The van der Waals surface area contributed by atoms with E-state index in [2.05, 4.69) is 10.6 Å². The molecule has 0 bridgehead atoms. The molecule has 6 nitrogen and oxygen atoms in total. The molecule has 2 aromatic carbocycles. The Morgan fingerprint density at radius 2 is 1.85 bits per heavy atom. The molecule has 0 unspecified atom stereocenters. The van der Waals surface area contributed by atoms with Crippen LogP contribution in [0.1, 0.15) is 26.5 Å². The van der Waals surface area contributed by atoms with Crippen LogP contribution >= 0.6 is 0 Å². The van der Waals surface area contributed by atoms with Crippen molar-refractivity contribution in [3.8, 4) is 5.75 Å². The molecule has 0 atom stereocenters. The Bertz CT molecular complexity index is 904. The van der Waals surface area contributed by atoms with Gasteiger partial charge in [-0.05, 0) is 42.0 Å². The minimum absolute atomic E-state index is 0.177. The standard InChI is InChI=1S/C20H18N2O4/c1-25-15-7-4-6-14(12-15)13-21-19(23)16-8-2-3-9-17(16)22-20(24)18-10-5-11-26-18/h2-12H,13H2,1H3,(H,21,23)(H,22,24). The van der Waals surface area contributed by atoms with Crippen LogP contribution in [0.3, 0.4) is 0 Å². The molecule has 2 amide bonds. The lowest BCUT2D eigenvalue weighted by Crippen LogP contribution is -2.24. The van der Waals surface area contributed by atoms with Gasteiger partial charge in [0.15, 0.2) is 5.76 Å². The number of hydrogen-bond donors (Lipinski definition) is 2. The van der Waals surface area contributed by atoms with E-state index in [1.165, 1.54) is 6.26 Å². The Labute approximate surface area is 150 Å². The van der Waals surface area contributed by atoms with Gasteiger partial charge in [-0.3, -0.25) is 9.59 Å². The number of hydrogen-bond acceptors (Lipinski definition) is 4. The molecule has 0 saturated heterocycles. The smallest absolute Gasteiger partial charge is 0.291 e. The molecule has 0 aliphatic rings. The van der Waals surface area contributed by atoms with Crippen LogP contribution in [0.25, 0.3) is 0 Å². The number of para-hydroxylation sites is 1. The number of nitrogens with one attached hydrogen (secondary N) is 2. The van der Waals surface area contributed by atoms with E-state index in [1.54, 1.807) is 43.5 Å². The molecular formula is C20H18N2O4. The maximum Gasteiger partial charge on any atom is 0.291 e. The normalized spacial score (nSPS) is 10.2. The number of benzene rings is 2. The summed E-state index contributed by atoms with van der Waals surface area (Å²) in [6.45, 7) is 0.344. The highest BCUT2D eigenvalue weighted by atomic mass is 16.5. The SMILES string of the molecule is COc1cccc(CNC(=O)c2ccccc2NC(=O)c2ccco2)c1. The third-order valence-electron chi connectivity index (χ3n) is 3.75. The Morgan fingerprint density at radius 1 is 1.00 bits per heavy atom. The average molecular weight is 350 g/mol. The zero-order valence-corrected chi connectivity index (χ0v) is 14.2. The second-order valence-corrected chi connectivity index (χ2v) is 5.51. The summed E-state index contributed by atoms with van der Waals surface area (Å²) in [6, 6.07) is 17.4. The quantitative estimate of drug-likeness (QED) is 0.713. The topological polar surface area (TPSA) is 80.6 Å². The molecule has 3 rings (SSSR count). The van der Waals surface area contributed by atoms with Crippen molar-refractivity contribution in [1.29, 1.82) is 0 Å². The Balaban J connectivity index is 1.70. The molecule has 132 valence electrons. The zero-order valence-electron chi connectivity index (χ0n) is 14.2. The van der Waals surface area contributed by atoms with Crippen molar-refractivity contribution < 1.29 is 18.7 Å². The number of carbonyl (C=O) groups is 2. The van der Waals surface area contributed by atoms with Crippen molar-refractivity contribution >= 4 is 17.5 Å². The second kappa shape index (κ2) is 8.02. The van der Waals surface area contributed by atoms with Crippen LogP contribution in [-0.2, 0) is 6.54 Å². The highest BCUT2D eigenvalue weighted by Crippen LogP contribution is 2.17. The lowest BCUT2D eigenvalue weighted by molar-refractivity contribution is 0.0951. The predicted molar refractivity (Wildman–Crippen MR) is 97.3 cm³/mol. The van der Waals surface area contributed by atoms with E-state index >= 15 is 0 Å². The van der Waals surface area contributed by atoms with E-state index in [-0.39, 0.29) is 11.7 Å². The third-order valence-corrected chi connectivity index (χ3v) is 3.75. The maximum atomic E-state index is 12.5. The van der Waals surface area contributed by atoms with Crippen LogP contribution in [0.2, 0.25) is 0 Å². The molecule has 26 heavy (non-hydrogen) atoms. The number of anilines is 1. The molecule has 1 heterocycles. The van der Waals surface area contributed by atoms with E-state index in [9.17, 15) is 9.59 Å². The van der Waals surface area contributed by atoms with Crippen LogP contribution in [0, 0.1) is 0 Å². The molecular weight excluding hydrogens is 332 g/mol. The van der Waals surface area contributed by atoms with Crippen molar-refractivity contribution in [2.75, 3.05) is 12.4 Å². The van der Waals surface area contributed by atoms with E-state index in [4.69, 9.17) is 9.15 Å². The minimum Gasteiger partial charge on any atom is -0.497 e. The zero-order chi connectivity index (χ0) is 18.4. The summed E-state index contributed by atoms with van der Waals surface area (Å²) >= 11 is 0. The molecule has 0 aliphatic carbocycles. The van der Waals surface area contributed by atoms with Crippen LogP contribution in [-0.4, -0.2) is 18.9 Å². The minimum atomic E-state index is -0.414. The van der Waals surface area contributed by atoms with E-state index in [0.717, 1.165) is 11.3 Å². The average Bonchev–Trinajstić information content (AvgIpc) is 3.21. The van der Waals surface area contributed by atoms with Gasteiger partial charge in [0.25, 0.3) is 11.8 Å². The number of furan rings is 1. The fourth-order valence-corrected chi connectivity index (χ4v) is 2.44. The fraction of sp³-hybridized carbons (Fsp3) is 0.100. The number of amides is 2. The van der Waals surface area contributed by atoms with E-state index in [1.807, 2.05) is 24.3 Å². The lowest BCUT2D eigenvalue weighted by atomic mass is 10.1. The molecule has 0 fully saturated rings. The molecule has 0 aliphatic heterocycles. The van der Waals surface area contributed by atoms with Gasteiger partial charge < -0.3 is 19.8 Å². The summed E-state index contributed by atoms with van der Waals surface area (Å²) < 4.78 is 10.2.